The summed E-state index contributed by atoms with van der Waals surface area (Å²) in [4.78, 5) is 8.88. The van der Waals surface area contributed by atoms with Crippen molar-refractivity contribution in [1.29, 1.82) is 0 Å². The maximum Gasteiger partial charge on any atom is 0.186 e. The lowest BCUT2D eigenvalue weighted by Gasteiger charge is -2.26. The molecular weight excluding hydrogens is 254 g/mol. The number of aromatic nitrogens is 1. The highest BCUT2D eigenvalue weighted by Gasteiger charge is 2.30. The van der Waals surface area contributed by atoms with Gasteiger partial charge in [-0.1, -0.05) is 13.8 Å². The fraction of sp³-hybridized carbons (Fsp3) is 0.800. The number of hydrogen-bond donors (Lipinski definition) is 1. The Balaban J connectivity index is 2.20. The van der Waals surface area contributed by atoms with Gasteiger partial charge in [0.15, 0.2) is 5.13 Å². The predicted octanol–water partition coefficient (Wildman–Crippen LogP) is 3.75. The minimum absolute atomic E-state index is 0.579. The Bertz CT molecular complexity index is 398. The van der Waals surface area contributed by atoms with Crippen LogP contribution in [0.3, 0.4) is 0 Å². The smallest absolute Gasteiger partial charge is 0.186 e. The van der Waals surface area contributed by atoms with Crippen molar-refractivity contribution < 1.29 is 0 Å². The first-order chi connectivity index (χ1) is 9.21. The van der Waals surface area contributed by atoms with Crippen molar-refractivity contribution in [2.45, 2.75) is 65.5 Å². The normalized spacial score (nSPS) is 16.6. The summed E-state index contributed by atoms with van der Waals surface area (Å²) in [6.45, 7) is 12.0. The highest BCUT2D eigenvalue weighted by Crippen LogP contribution is 2.44. The van der Waals surface area contributed by atoms with E-state index in [0.717, 1.165) is 25.6 Å². The van der Waals surface area contributed by atoms with Crippen molar-refractivity contribution in [2.75, 3.05) is 18.0 Å². The molecule has 0 amide bonds. The molecule has 1 atom stereocenters. The average molecular weight is 281 g/mol. The summed E-state index contributed by atoms with van der Waals surface area (Å²) in [5.74, 6) is 0.745. The molecule has 0 bridgehead atoms. The van der Waals surface area contributed by atoms with Gasteiger partial charge in [0.1, 0.15) is 0 Å². The van der Waals surface area contributed by atoms with Gasteiger partial charge in [0, 0.05) is 29.9 Å². The average Bonchev–Trinajstić information content (AvgIpc) is 3.18. The second-order valence-electron chi connectivity index (χ2n) is 5.40. The van der Waals surface area contributed by atoms with Crippen LogP contribution in [-0.2, 0) is 6.54 Å². The van der Waals surface area contributed by atoms with E-state index in [9.17, 15) is 0 Å². The van der Waals surface area contributed by atoms with E-state index in [1.165, 1.54) is 35.0 Å². The number of nitrogens with zero attached hydrogens (tertiary/aromatic N) is 2. The van der Waals surface area contributed by atoms with Crippen LogP contribution >= 0.6 is 11.3 Å². The lowest BCUT2D eigenvalue weighted by molar-refractivity contribution is 0.627. The topological polar surface area (TPSA) is 28.2 Å². The van der Waals surface area contributed by atoms with E-state index < -0.39 is 0 Å². The number of rotatable bonds is 8. The molecule has 19 heavy (non-hydrogen) atoms. The van der Waals surface area contributed by atoms with Gasteiger partial charge in [-0.25, -0.2) is 4.98 Å². The SMILES string of the molecule is CCNCc1sc(N(CC)C(C)CC)nc1C1CC1. The zero-order valence-electron chi connectivity index (χ0n) is 12.7. The molecule has 0 radical (unpaired) electrons. The van der Waals surface area contributed by atoms with Crippen molar-refractivity contribution in [1.82, 2.24) is 10.3 Å². The van der Waals surface area contributed by atoms with Crippen LogP contribution in [0.25, 0.3) is 0 Å². The second kappa shape index (κ2) is 6.71. The van der Waals surface area contributed by atoms with Crippen LogP contribution in [0.15, 0.2) is 0 Å². The molecule has 2 rings (SSSR count). The van der Waals surface area contributed by atoms with Gasteiger partial charge in [0.05, 0.1) is 5.69 Å². The zero-order chi connectivity index (χ0) is 13.8. The number of thiazole rings is 1. The fourth-order valence-corrected chi connectivity index (χ4v) is 3.65. The summed E-state index contributed by atoms with van der Waals surface area (Å²) in [5.41, 5.74) is 1.38. The second-order valence-corrected chi connectivity index (χ2v) is 6.46. The molecule has 0 aliphatic heterocycles. The van der Waals surface area contributed by atoms with Gasteiger partial charge in [-0.15, -0.1) is 11.3 Å². The van der Waals surface area contributed by atoms with E-state index in [2.05, 4.69) is 37.9 Å². The Labute approximate surface area is 121 Å². The monoisotopic (exact) mass is 281 g/mol. The van der Waals surface area contributed by atoms with Gasteiger partial charge in [-0.05, 0) is 39.7 Å². The molecule has 0 spiro atoms. The molecule has 1 N–H and O–H groups in total. The molecule has 108 valence electrons. The lowest BCUT2D eigenvalue weighted by Crippen LogP contribution is -2.32. The Morgan fingerprint density at radius 3 is 2.63 bits per heavy atom. The standard InChI is InChI=1S/C15H27N3S/c1-5-11(4)18(7-3)15-17-14(12-8-9-12)13(19-15)10-16-6-2/h11-12,16H,5-10H2,1-4H3. The van der Waals surface area contributed by atoms with Crippen molar-refractivity contribution in [2.24, 2.45) is 0 Å². The van der Waals surface area contributed by atoms with Gasteiger partial charge < -0.3 is 10.2 Å². The largest absolute Gasteiger partial charge is 0.346 e. The summed E-state index contributed by atoms with van der Waals surface area (Å²) in [7, 11) is 0. The summed E-state index contributed by atoms with van der Waals surface area (Å²) in [6, 6.07) is 0.579. The molecule has 4 heteroatoms. The number of hydrogen-bond acceptors (Lipinski definition) is 4. The predicted molar refractivity (Wildman–Crippen MR) is 84.2 cm³/mol. The van der Waals surface area contributed by atoms with E-state index in [4.69, 9.17) is 4.98 Å². The van der Waals surface area contributed by atoms with Crippen LogP contribution in [0.4, 0.5) is 5.13 Å². The Morgan fingerprint density at radius 2 is 2.11 bits per heavy atom. The highest BCUT2D eigenvalue weighted by molar-refractivity contribution is 7.15. The third kappa shape index (κ3) is 3.48. The summed E-state index contributed by atoms with van der Waals surface area (Å²) >= 11 is 1.90. The number of anilines is 1. The van der Waals surface area contributed by atoms with Crippen LogP contribution in [0.2, 0.25) is 0 Å². The molecule has 3 nitrogen and oxygen atoms in total. The van der Waals surface area contributed by atoms with Crippen molar-refractivity contribution in [3.05, 3.63) is 10.6 Å². The van der Waals surface area contributed by atoms with Crippen molar-refractivity contribution >= 4 is 16.5 Å². The van der Waals surface area contributed by atoms with E-state index in [-0.39, 0.29) is 0 Å². The summed E-state index contributed by atoms with van der Waals surface area (Å²) in [6.07, 6.45) is 3.84. The van der Waals surface area contributed by atoms with Gasteiger partial charge >= 0.3 is 0 Å². The zero-order valence-corrected chi connectivity index (χ0v) is 13.5. The first-order valence-electron chi connectivity index (χ1n) is 7.68. The Morgan fingerprint density at radius 1 is 1.37 bits per heavy atom. The molecule has 1 aromatic heterocycles. The molecule has 1 saturated carbocycles. The van der Waals surface area contributed by atoms with Crippen LogP contribution in [0.5, 0.6) is 0 Å². The third-order valence-electron chi connectivity index (χ3n) is 3.93. The quantitative estimate of drug-likeness (QED) is 0.786. The lowest BCUT2D eigenvalue weighted by atomic mass is 10.2. The van der Waals surface area contributed by atoms with E-state index in [1.54, 1.807) is 0 Å². The first-order valence-corrected chi connectivity index (χ1v) is 8.49. The Kier molecular flexibility index (Phi) is 5.22. The molecule has 1 aliphatic rings. The molecule has 0 saturated heterocycles. The highest BCUT2D eigenvalue weighted by atomic mass is 32.1. The van der Waals surface area contributed by atoms with Crippen LogP contribution in [0.1, 0.15) is 63.4 Å². The minimum atomic E-state index is 0.579. The van der Waals surface area contributed by atoms with Gasteiger partial charge in [0.2, 0.25) is 0 Å². The van der Waals surface area contributed by atoms with Gasteiger partial charge in [-0.2, -0.15) is 0 Å². The van der Waals surface area contributed by atoms with Crippen molar-refractivity contribution in [3.8, 4) is 0 Å². The molecular formula is C15H27N3S. The molecule has 1 fully saturated rings. The summed E-state index contributed by atoms with van der Waals surface area (Å²) in [5, 5.41) is 4.68. The van der Waals surface area contributed by atoms with Crippen molar-refractivity contribution in [3.63, 3.8) is 0 Å². The molecule has 1 aromatic rings. The molecule has 1 aliphatic carbocycles. The third-order valence-corrected chi connectivity index (χ3v) is 5.03. The van der Waals surface area contributed by atoms with Crippen LogP contribution < -0.4 is 10.2 Å². The van der Waals surface area contributed by atoms with Crippen LogP contribution in [0, 0.1) is 0 Å². The van der Waals surface area contributed by atoms with E-state index in [0.29, 0.717) is 6.04 Å². The van der Waals surface area contributed by atoms with Gasteiger partial charge in [0.25, 0.3) is 0 Å². The van der Waals surface area contributed by atoms with E-state index in [1.807, 2.05) is 11.3 Å². The molecule has 0 aromatic carbocycles. The van der Waals surface area contributed by atoms with Gasteiger partial charge in [-0.3, -0.25) is 0 Å². The summed E-state index contributed by atoms with van der Waals surface area (Å²) < 4.78 is 0. The van der Waals surface area contributed by atoms with E-state index >= 15 is 0 Å². The Hall–Kier alpha value is -0.610. The maximum absolute atomic E-state index is 4.97. The molecule has 1 heterocycles. The van der Waals surface area contributed by atoms with Crippen LogP contribution in [-0.4, -0.2) is 24.1 Å². The molecule has 1 unspecified atom stereocenters. The fourth-order valence-electron chi connectivity index (χ4n) is 2.37. The minimum Gasteiger partial charge on any atom is -0.346 e. The maximum atomic E-state index is 4.97. The number of nitrogens with one attached hydrogen (secondary N) is 1. The first kappa shape index (κ1) is 14.8.